The predicted molar refractivity (Wildman–Crippen MR) is 46.2 cm³/mol. The molecule has 0 atom stereocenters. The third-order valence-corrected chi connectivity index (χ3v) is 1.99. The first-order chi connectivity index (χ1) is 6.65. The van der Waals surface area contributed by atoms with Crippen molar-refractivity contribution in [2.75, 3.05) is 6.61 Å². The number of aromatic nitrogens is 2. The quantitative estimate of drug-likeness (QED) is 0.792. The van der Waals surface area contributed by atoms with E-state index in [1.165, 1.54) is 10.6 Å². The van der Waals surface area contributed by atoms with Gasteiger partial charge in [-0.15, -0.1) is 0 Å². The maximum Gasteiger partial charge on any atom is 0.312 e. The summed E-state index contributed by atoms with van der Waals surface area (Å²) in [6.45, 7) is -1.21. The highest BCUT2D eigenvalue weighted by Crippen LogP contribution is 2.27. The summed E-state index contributed by atoms with van der Waals surface area (Å²) < 4.78 is 27.5. The SMILES string of the molecule is OCC(F)(F)c1cnc2ccccn12. The van der Waals surface area contributed by atoms with E-state index in [9.17, 15) is 8.78 Å². The average Bonchev–Trinajstić information content (AvgIpc) is 2.61. The molecular formula is C9H8F2N2O. The predicted octanol–water partition coefficient (Wildman–Crippen LogP) is 1.42. The maximum atomic E-state index is 13.1. The third kappa shape index (κ3) is 1.26. The second-order valence-corrected chi connectivity index (χ2v) is 2.93. The number of hydrogen-bond acceptors (Lipinski definition) is 2. The summed E-state index contributed by atoms with van der Waals surface area (Å²) in [5.41, 5.74) is 0.145. The van der Waals surface area contributed by atoms with Crippen molar-refractivity contribution in [1.29, 1.82) is 0 Å². The summed E-state index contributed by atoms with van der Waals surface area (Å²) in [4.78, 5) is 3.80. The number of alkyl halides is 2. The van der Waals surface area contributed by atoms with Crippen LogP contribution in [0.4, 0.5) is 8.78 Å². The Hall–Kier alpha value is -1.49. The molecule has 0 aliphatic carbocycles. The first kappa shape index (κ1) is 9.08. The zero-order valence-electron chi connectivity index (χ0n) is 7.19. The molecule has 0 fully saturated rings. The highest BCUT2D eigenvalue weighted by Gasteiger charge is 2.33. The molecule has 1 N–H and O–H groups in total. The second-order valence-electron chi connectivity index (χ2n) is 2.93. The van der Waals surface area contributed by atoms with E-state index in [1.807, 2.05) is 0 Å². The van der Waals surface area contributed by atoms with Crippen LogP contribution in [0.2, 0.25) is 0 Å². The molecule has 2 heterocycles. The summed E-state index contributed by atoms with van der Waals surface area (Å²) in [5, 5.41) is 8.53. The van der Waals surface area contributed by atoms with Gasteiger partial charge in [0.25, 0.3) is 0 Å². The zero-order chi connectivity index (χ0) is 10.2. The van der Waals surface area contributed by atoms with Gasteiger partial charge in [-0.1, -0.05) is 6.07 Å². The molecule has 0 bridgehead atoms. The smallest absolute Gasteiger partial charge is 0.312 e. The van der Waals surface area contributed by atoms with Gasteiger partial charge < -0.3 is 5.11 Å². The molecule has 3 nitrogen and oxygen atoms in total. The number of halogens is 2. The van der Waals surface area contributed by atoms with E-state index < -0.39 is 12.5 Å². The molecule has 2 aromatic heterocycles. The van der Waals surface area contributed by atoms with Crippen LogP contribution >= 0.6 is 0 Å². The van der Waals surface area contributed by atoms with Crippen molar-refractivity contribution in [3.63, 3.8) is 0 Å². The largest absolute Gasteiger partial charge is 0.390 e. The van der Waals surface area contributed by atoms with Gasteiger partial charge in [-0.25, -0.2) is 4.98 Å². The molecule has 0 radical (unpaired) electrons. The van der Waals surface area contributed by atoms with E-state index in [2.05, 4.69) is 4.98 Å². The molecule has 0 saturated carbocycles. The number of imidazole rings is 1. The highest BCUT2D eigenvalue weighted by molar-refractivity contribution is 5.40. The monoisotopic (exact) mass is 198 g/mol. The Morgan fingerprint density at radius 1 is 1.43 bits per heavy atom. The van der Waals surface area contributed by atoms with E-state index in [0.29, 0.717) is 5.65 Å². The van der Waals surface area contributed by atoms with Crippen molar-refractivity contribution in [3.05, 3.63) is 36.3 Å². The maximum absolute atomic E-state index is 13.1. The third-order valence-electron chi connectivity index (χ3n) is 1.99. The van der Waals surface area contributed by atoms with Crippen LogP contribution in [-0.2, 0) is 5.92 Å². The van der Waals surface area contributed by atoms with E-state index in [4.69, 9.17) is 5.11 Å². The van der Waals surface area contributed by atoms with Gasteiger partial charge in [0.15, 0.2) is 0 Å². The fourth-order valence-electron chi connectivity index (χ4n) is 1.28. The standard InChI is InChI=1S/C9H8F2N2O/c10-9(11,6-14)7-5-12-8-3-1-2-4-13(7)8/h1-5,14H,6H2. The van der Waals surface area contributed by atoms with E-state index >= 15 is 0 Å². The Morgan fingerprint density at radius 2 is 2.21 bits per heavy atom. The number of rotatable bonds is 2. The normalized spacial score (nSPS) is 12.2. The Labute approximate surface area is 78.6 Å². The van der Waals surface area contributed by atoms with Gasteiger partial charge in [0.2, 0.25) is 0 Å². The minimum Gasteiger partial charge on any atom is -0.390 e. The molecule has 0 aliphatic rings. The first-order valence-electron chi connectivity index (χ1n) is 4.06. The average molecular weight is 198 g/mol. The lowest BCUT2D eigenvalue weighted by Gasteiger charge is -2.11. The molecule has 2 aromatic rings. The molecule has 74 valence electrons. The fourth-order valence-corrected chi connectivity index (χ4v) is 1.28. The van der Waals surface area contributed by atoms with Crippen molar-refractivity contribution in [2.24, 2.45) is 0 Å². The summed E-state index contributed by atoms with van der Waals surface area (Å²) in [6.07, 6.45) is 2.56. The highest BCUT2D eigenvalue weighted by atomic mass is 19.3. The van der Waals surface area contributed by atoms with Crippen LogP contribution in [0.3, 0.4) is 0 Å². The summed E-state index contributed by atoms with van der Waals surface area (Å²) in [6, 6.07) is 4.96. The molecule has 0 amide bonds. The van der Waals surface area contributed by atoms with Crippen molar-refractivity contribution in [1.82, 2.24) is 9.38 Å². The number of aliphatic hydroxyl groups is 1. The Kier molecular flexibility index (Phi) is 1.96. The lowest BCUT2D eigenvalue weighted by atomic mass is 10.3. The van der Waals surface area contributed by atoms with Crippen molar-refractivity contribution >= 4 is 5.65 Å². The molecule has 0 unspecified atom stereocenters. The van der Waals surface area contributed by atoms with Gasteiger partial charge in [0, 0.05) is 6.20 Å². The molecule has 0 saturated heterocycles. The minimum absolute atomic E-state index is 0.296. The molecular weight excluding hydrogens is 190 g/mol. The van der Waals surface area contributed by atoms with Gasteiger partial charge in [-0.2, -0.15) is 8.78 Å². The van der Waals surface area contributed by atoms with Gasteiger partial charge in [-0.3, -0.25) is 4.40 Å². The van der Waals surface area contributed by atoms with Gasteiger partial charge in [0.1, 0.15) is 17.9 Å². The lowest BCUT2D eigenvalue weighted by Crippen LogP contribution is -2.20. The van der Waals surface area contributed by atoms with Crippen molar-refractivity contribution in [3.8, 4) is 0 Å². The number of hydrogen-bond donors (Lipinski definition) is 1. The Morgan fingerprint density at radius 3 is 2.93 bits per heavy atom. The Balaban J connectivity index is 2.64. The van der Waals surface area contributed by atoms with Crippen LogP contribution in [0.15, 0.2) is 30.6 Å². The number of fused-ring (bicyclic) bond motifs is 1. The number of pyridine rings is 1. The molecule has 0 aliphatic heterocycles. The number of aliphatic hydroxyl groups excluding tert-OH is 1. The van der Waals surface area contributed by atoms with Gasteiger partial charge in [-0.05, 0) is 12.1 Å². The van der Waals surface area contributed by atoms with Crippen LogP contribution in [0, 0.1) is 0 Å². The molecule has 2 rings (SSSR count). The zero-order valence-corrected chi connectivity index (χ0v) is 7.19. The molecule has 0 spiro atoms. The molecule has 14 heavy (non-hydrogen) atoms. The van der Waals surface area contributed by atoms with Crippen LogP contribution in [0.1, 0.15) is 5.69 Å². The van der Waals surface area contributed by atoms with Crippen LogP contribution in [-0.4, -0.2) is 21.1 Å². The van der Waals surface area contributed by atoms with Crippen LogP contribution in [0.5, 0.6) is 0 Å². The van der Waals surface area contributed by atoms with Crippen LogP contribution < -0.4 is 0 Å². The minimum atomic E-state index is -3.25. The summed E-state index contributed by atoms with van der Waals surface area (Å²) in [5.74, 6) is -3.25. The van der Waals surface area contributed by atoms with Crippen molar-refractivity contribution in [2.45, 2.75) is 5.92 Å². The lowest BCUT2D eigenvalue weighted by molar-refractivity contribution is -0.0598. The van der Waals surface area contributed by atoms with Gasteiger partial charge in [0.05, 0.1) is 6.20 Å². The van der Waals surface area contributed by atoms with E-state index in [1.54, 1.807) is 18.2 Å². The molecule has 5 heteroatoms. The number of nitrogens with zero attached hydrogens (tertiary/aromatic N) is 2. The summed E-state index contributed by atoms with van der Waals surface area (Å²) >= 11 is 0. The van der Waals surface area contributed by atoms with E-state index in [0.717, 1.165) is 6.20 Å². The van der Waals surface area contributed by atoms with Crippen molar-refractivity contribution < 1.29 is 13.9 Å². The summed E-state index contributed by atoms with van der Waals surface area (Å²) in [7, 11) is 0. The van der Waals surface area contributed by atoms with Gasteiger partial charge >= 0.3 is 5.92 Å². The Bertz CT molecular complexity index is 453. The van der Waals surface area contributed by atoms with E-state index in [-0.39, 0.29) is 5.69 Å². The topological polar surface area (TPSA) is 37.5 Å². The van der Waals surface area contributed by atoms with Crippen LogP contribution in [0.25, 0.3) is 5.65 Å². The fraction of sp³-hybridized carbons (Fsp3) is 0.222. The molecule has 0 aromatic carbocycles. The first-order valence-corrected chi connectivity index (χ1v) is 4.06. The second kappa shape index (κ2) is 3.02.